The van der Waals surface area contributed by atoms with Gasteiger partial charge in [0.1, 0.15) is 16.4 Å². The SMILES string of the molecule is COc1ccccc1C(=O)NCCCc1cccc(CS(=O)(=O)c2cc(-c3cccc(C(=O)N(C)C(C)(C)C)c3)ccc2OC)c1. The molecule has 46 heavy (non-hydrogen) atoms. The largest absolute Gasteiger partial charge is 0.496 e. The van der Waals surface area contributed by atoms with E-state index < -0.39 is 9.84 Å². The number of carbonyl (C=O) groups is 2. The number of nitrogens with one attached hydrogen (secondary N) is 1. The minimum atomic E-state index is -3.81. The summed E-state index contributed by atoms with van der Waals surface area (Å²) < 4.78 is 38.3. The summed E-state index contributed by atoms with van der Waals surface area (Å²) in [5, 5.41) is 2.92. The molecule has 4 rings (SSSR count). The molecule has 0 bridgehead atoms. The van der Waals surface area contributed by atoms with Crippen LogP contribution in [0.25, 0.3) is 11.1 Å². The molecule has 1 N–H and O–H groups in total. The molecule has 0 fully saturated rings. The van der Waals surface area contributed by atoms with Crippen LogP contribution >= 0.6 is 0 Å². The number of hydrogen-bond acceptors (Lipinski definition) is 6. The minimum Gasteiger partial charge on any atom is -0.496 e. The number of para-hydroxylation sites is 1. The molecule has 0 aliphatic carbocycles. The first-order valence-electron chi connectivity index (χ1n) is 15.1. The van der Waals surface area contributed by atoms with E-state index in [0.29, 0.717) is 47.4 Å². The van der Waals surface area contributed by atoms with Crippen molar-refractivity contribution in [2.24, 2.45) is 0 Å². The molecule has 0 atom stereocenters. The quantitative estimate of drug-likeness (QED) is 0.175. The Balaban J connectivity index is 1.47. The molecule has 2 amide bonds. The highest BCUT2D eigenvalue weighted by Gasteiger charge is 2.25. The summed E-state index contributed by atoms with van der Waals surface area (Å²) in [6, 6.07) is 26.8. The van der Waals surface area contributed by atoms with Gasteiger partial charge < -0.3 is 19.7 Å². The van der Waals surface area contributed by atoms with Crippen LogP contribution in [0.5, 0.6) is 11.5 Å². The minimum absolute atomic E-state index is 0.0838. The molecule has 0 radical (unpaired) electrons. The molecule has 8 nitrogen and oxygen atoms in total. The first kappa shape index (κ1) is 34.2. The molecule has 0 unspecified atom stereocenters. The normalized spacial score (nSPS) is 11.5. The second kappa shape index (κ2) is 14.6. The van der Waals surface area contributed by atoms with Gasteiger partial charge in [-0.25, -0.2) is 8.42 Å². The molecule has 0 aliphatic rings. The van der Waals surface area contributed by atoms with E-state index in [1.54, 1.807) is 72.6 Å². The Hall–Kier alpha value is -4.63. The summed E-state index contributed by atoms with van der Waals surface area (Å²) >= 11 is 0. The maximum Gasteiger partial charge on any atom is 0.255 e. The van der Waals surface area contributed by atoms with Gasteiger partial charge in [0.05, 0.1) is 25.5 Å². The van der Waals surface area contributed by atoms with Gasteiger partial charge in [-0.05, 0) is 92.3 Å². The molecule has 0 aliphatic heterocycles. The van der Waals surface area contributed by atoms with Gasteiger partial charge in [0.25, 0.3) is 11.8 Å². The summed E-state index contributed by atoms with van der Waals surface area (Å²) in [6.45, 7) is 6.36. The van der Waals surface area contributed by atoms with Crippen LogP contribution in [0.3, 0.4) is 0 Å². The molecule has 0 saturated heterocycles. The predicted molar refractivity (Wildman–Crippen MR) is 181 cm³/mol. The smallest absolute Gasteiger partial charge is 0.255 e. The highest BCUT2D eigenvalue weighted by Crippen LogP contribution is 2.33. The second-order valence-electron chi connectivity index (χ2n) is 12.1. The van der Waals surface area contributed by atoms with Crippen LogP contribution < -0.4 is 14.8 Å². The Morgan fingerprint density at radius 1 is 0.783 bits per heavy atom. The lowest BCUT2D eigenvalue weighted by atomic mass is 10.0. The molecule has 9 heteroatoms. The van der Waals surface area contributed by atoms with E-state index in [1.807, 2.05) is 51.1 Å². The van der Waals surface area contributed by atoms with E-state index in [1.165, 1.54) is 14.2 Å². The average molecular weight is 643 g/mol. The van der Waals surface area contributed by atoms with Crippen molar-refractivity contribution in [2.45, 2.75) is 49.8 Å². The fourth-order valence-electron chi connectivity index (χ4n) is 5.02. The van der Waals surface area contributed by atoms with E-state index in [9.17, 15) is 18.0 Å². The van der Waals surface area contributed by atoms with Gasteiger partial charge in [-0.1, -0.05) is 54.6 Å². The third kappa shape index (κ3) is 8.34. The van der Waals surface area contributed by atoms with Crippen LogP contribution in [0.15, 0.2) is 95.9 Å². The van der Waals surface area contributed by atoms with Crippen molar-refractivity contribution in [3.63, 3.8) is 0 Å². The van der Waals surface area contributed by atoms with Gasteiger partial charge in [-0.2, -0.15) is 0 Å². The van der Waals surface area contributed by atoms with E-state index in [0.717, 1.165) is 11.1 Å². The third-order valence-corrected chi connectivity index (χ3v) is 9.58. The lowest BCUT2D eigenvalue weighted by Gasteiger charge is -2.32. The number of amides is 2. The number of carbonyl (C=O) groups excluding carboxylic acids is 2. The number of methoxy groups -OCH3 is 2. The summed E-state index contributed by atoms with van der Waals surface area (Å²) in [5.74, 6) is 0.243. The molecular weight excluding hydrogens is 600 g/mol. The topological polar surface area (TPSA) is 102 Å². The van der Waals surface area contributed by atoms with Crippen molar-refractivity contribution in [1.82, 2.24) is 10.2 Å². The molecule has 0 aromatic heterocycles. The van der Waals surface area contributed by atoms with Gasteiger partial charge in [0.15, 0.2) is 9.84 Å². The lowest BCUT2D eigenvalue weighted by molar-refractivity contribution is 0.0655. The van der Waals surface area contributed by atoms with Crippen LogP contribution in [0.2, 0.25) is 0 Å². The number of nitrogens with zero attached hydrogens (tertiary/aromatic N) is 1. The fourth-order valence-corrected chi connectivity index (χ4v) is 6.56. The van der Waals surface area contributed by atoms with Crippen LogP contribution in [-0.4, -0.2) is 58.5 Å². The Kier molecular flexibility index (Phi) is 10.9. The van der Waals surface area contributed by atoms with E-state index in [4.69, 9.17) is 9.47 Å². The standard InChI is InChI=1S/C37H42N2O6S/c1-37(2,3)39(4)36(41)30-16-10-15-28(23-30)29-19-20-33(45-6)34(24-29)46(42,43)25-27-13-9-12-26(22-27)14-11-21-38-35(40)31-17-7-8-18-32(31)44-5/h7-10,12-13,15-20,22-24H,11,14,21,25H2,1-6H3,(H,38,40). The Bertz CT molecular complexity index is 1810. The average Bonchev–Trinajstić information content (AvgIpc) is 3.05. The number of hydrogen-bond donors (Lipinski definition) is 1. The summed E-state index contributed by atoms with van der Waals surface area (Å²) in [4.78, 5) is 27.5. The number of ether oxygens (including phenoxy) is 2. The van der Waals surface area contributed by atoms with Gasteiger partial charge >= 0.3 is 0 Å². The zero-order chi connectivity index (χ0) is 33.5. The number of aryl methyl sites for hydroxylation is 1. The Morgan fingerprint density at radius 3 is 2.17 bits per heavy atom. The van der Waals surface area contributed by atoms with E-state index >= 15 is 0 Å². The van der Waals surface area contributed by atoms with Gasteiger partial charge in [-0.3, -0.25) is 9.59 Å². The Morgan fingerprint density at radius 2 is 1.46 bits per heavy atom. The van der Waals surface area contributed by atoms with Gasteiger partial charge in [0, 0.05) is 24.7 Å². The van der Waals surface area contributed by atoms with Crippen molar-refractivity contribution in [2.75, 3.05) is 27.8 Å². The lowest BCUT2D eigenvalue weighted by Crippen LogP contribution is -2.42. The summed E-state index contributed by atoms with van der Waals surface area (Å²) in [7, 11) is 0.939. The first-order valence-corrected chi connectivity index (χ1v) is 16.8. The van der Waals surface area contributed by atoms with Gasteiger partial charge in [0.2, 0.25) is 0 Å². The molecule has 242 valence electrons. The van der Waals surface area contributed by atoms with Crippen LogP contribution in [0.1, 0.15) is 59.0 Å². The molecule has 0 saturated carbocycles. The van der Waals surface area contributed by atoms with Crippen molar-refractivity contribution in [1.29, 1.82) is 0 Å². The van der Waals surface area contributed by atoms with Crippen molar-refractivity contribution in [3.8, 4) is 22.6 Å². The van der Waals surface area contributed by atoms with E-state index in [2.05, 4.69) is 5.32 Å². The van der Waals surface area contributed by atoms with Crippen molar-refractivity contribution < 1.29 is 27.5 Å². The molecule has 4 aromatic carbocycles. The molecule has 4 aromatic rings. The monoisotopic (exact) mass is 642 g/mol. The van der Waals surface area contributed by atoms with Crippen LogP contribution in [-0.2, 0) is 22.0 Å². The first-order chi connectivity index (χ1) is 21.8. The number of rotatable bonds is 12. The maximum absolute atomic E-state index is 13.8. The zero-order valence-corrected chi connectivity index (χ0v) is 28.1. The van der Waals surface area contributed by atoms with Crippen molar-refractivity contribution >= 4 is 21.7 Å². The molecule has 0 spiro atoms. The zero-order valence-electron chi connectivity index (χ0n) is 27.3. The highest BCUT2D eigenvalue weighted by molar-refractivity contribution is 7.90. The Labute approximate surface area is 272 Å². The van der Waals surface area contributed by atoms with Gasteiger partial charge in [-0.15, -0.1) is 0 Å². The second-order valence-corrected chi connectivity index (χ2v) is 14.1. The van der Waals surface area contributed by atoms with Crippen LogP contribution in [0.4, 0.5) is 0 Å². The number of benzene rings is 4. The number of sulfone groups is 1. The van der Waals surface area contributed by atoms with Crippen molar-refractivity contribution in [3.05, 3.63) is 113 Å². The predicted octanol–water partition coefficient (Wildman–Crippen LogP) is 6.58. The highest BCUT2D eigenvalue weighted by atomic mass is 32.2. The fraction of sp³-hybridized carbons (Fsp3) is 0.297. The third-order valence-electron chi connectivity index (χ3n) is 7.88. The summed E-state index contributed by atoms with van der Waals surface area (Å²) in [5.41, 5.74) is 3.67. The van der Waals surface area contributed by atoms with E-state index in [-0.39, 0.29) is 33.8 Å². The molecule has 0 heterocycles. The molecular formula is C37H42N2O6S. The van der Waals surface area contributed by atoms with Crippen LogP contribution in [0, 0.1) is 0 Å². The maximum atomic E-state index is 13.8. The summed E-state index contributed by atoms with van der Waals surface area (Å²) in [6.07, 6.45) is 1.35.